The van der Waals surface area contributed by atoms with Crippen molar-refractivity contribution < 1.29 is 18.0 Å². The summed E-state index contributed by atoms with van der Waals surface area (Å²) in [6.07, 6.45) is -1.88. The van der Waals surface area contributed by atoms with Gasteiger partial charge in [0.15, 0.2) is 11.5 Å². The highest BCUT2D eigenvalue weighted by atomic mass is 19.4. The van der Waals surface area contributed by atoms with E-state index < -0.39 is 24.7 Å². The molecule has 0 spiro atoms. The summed E-state index contributed by atoms with van der Waals surface area (Å²) in [5.41, 5.74) is 5.30. The molecule has 0 radical (unpaired) electrons. The topological polar surface area (TPSA) is 96.2 Å². The van der Waals surface area contributed by atoms with Crippen molar-refractivity contribution in [1.29, 1.82) is 0 Å². The smallest absolute Gasteiger partial charge is 0.382 e. The number of carbonyl (C=O) groups excluding carboxylic acids is 1. The molecule has 0 aliphatic carbocycles. The fraction of sp³-hybridized carbons (Fsp3) is 0.583. The molecule has 1 aromatic heterocycles. The molecule has 2 rings (SSSR count). The van der Waals surface area contributed by atoms with Gasteiger partial charge in [-0.3, -0.25) is 9.69 Å². The number of nitrogens with zero attached hydrogens (tertiary/aromatic N) is 3. The summed E-state index contributed by atoms with van der Waals surface area (Å²) in [5.74, 6) is -0.888. The van der Waals surface area contributed by atoms with E-state index in [4.69, 9.17) is 5.73 Å². The molecule has 1 aromatic rings. The van der Waals surface area contributed by atoms with Crippen LogP contribution in [0.2, 0.25) is 0 Å². The van der Waals surface area contributed by atoms with Gasteiger partial charge in [0, 0.05) is 45.1 Å². The number of rotatable bonds is 4. The predicted octanol–water partition coefficient (Wildman–Crippen LogP) is -0.375. The molecule has 22 heavy (non-hydrogen) atoms. The van der Waals surface area contributed by atoms with Crippen molar-refractivity contribution in [3.8, 4) is 0 Å². The van der Waals surface area contributed by atoms with Gasteiger partial charge in [0.25, 0.3) is 5.91 Å². The van der Waals surface area contributed by atoms with Crippen LogP contribution in [0.4, 0.5) is 19.0 Å². The van der Waals surface area contributed by atoms with Crippen molar-refractivity contribution >= 4 is 11.7 Å². The molecule has 1 unspecified atom stereocenters. The lowest BCUT2D eigenvalue weighted by atomic mass is 10.2. The molecule has 1 amide bonds. The van der Waals surface area contributed by atoms with Gasteiger partial charge in [-0.15, -0.1) is 0 Å². The van der Waals surface area contributed by atoms with Crippen molar-refractivity contribution in [2.75, 3.05) is 38.5 Å². The summed E-state index contributed by atoms with van der Waals surface area (Å²) in [5, 5.41) is 5.23. The van der Waals surface area contributed by atoms with E-state index in [1.165, 1.54) is 17.3 Å². The van der Waals surface area contributed by atoms with Crippen molar-refractivity contribution in [2.45, 2.75) is 12.2 Å². The molecule has 0 saturated carbocycles. The van der Waals surface area contributed by atoms with E-state index >= 15 is 0 Å². The van der Waals surface area contributed by atoms with Crippen LogP contribution in [-0.2, 0) is 0 Å². The van der Waals surface area contributed by atoms with Gasteiger partial charge in [-0.05, 0) is 0 Å². The highest BCUT2D eigenvalue weighted by molar-refractivity contribution is 5.96. The number of anilines is 1. The standard InChI is InChI=1S/C12H17F3N6O/c13-12(14,15)8(21-5-3-17-4-6-21)7-20-11(22)9-10(16)19-2-1-18-9/h1-2,8,17H,3-7H2,(H2,16,19)(H,20,22). The Labute approximate surface area is 125 Å². The molecule has 10 heteroatoms. The van der Waals surface area contributed by atoms with E-state index in [0.717, 1.165) is 0 Å². The third kappa shape index (κ3) is 4.04. The Bertz CT molecular complexity index is 518. The second kappa shape index (κ2) is 6.88. The number of hydrogen-bond donors (Lipinski definition) is 3. The molecular weight excluding hydrogens is 301 g/mol. The zero-order chi connectivity index (χ0) is 16.2. The van der Waals surface area contributed by atoms with Gasteiger partial charge < -0.3 is 16.4 Å². The van der Waals surface area contributed by atoms with Crippen LogP contribution in [0.1, 0.15) is 10.5 Å². The molecule has 2 heterocycles. The van der Waals surface area contributed by atoms with Crippen LogP contribution >= 0.6 is 0 Å². The molecule has 0 aromatic carbocycles. The Balaban J connectivity index is 2.02. The van der Waals surface area contributed by atoms with Crippen LogP contribution in [0.25, 0.3) is 0 Å². The molecule has 1 atom stereocenters. The number of amides is 1. The molecular formula is C12H17F3N6O. The number of piperazine rings is 1. The molecule has 1 saturated heterocycles. The van der Waals surface area contributed by atoms with Gasteiger partial charge in [-0.25, -0.2) is 9.97 Å². The number of nitrogen functional groups attached to an aromatic ring is 1. The number of carbonyl (C=O) groups is 1. The quantitative estimate of drug-likeness (QED) is 0.701. The van der Waals surface area contributed by atoms with E-state index in [-0.39, 0.29) is 24.6 Å². The first-order valence-electron chi connectivity index (χ1n) is 6.75. The third-order valence-corrected chi connectivity index (χ3v) is 3.37. The van der Waals surface area contributed by atoms with Gasteiger partial charge >= 0.3 is 6.18 Å². The molecule has 1 aliphatic heterocycles. The Morgan fingerprint density at radius 3 is 2.59 bits per heavy atom. The maximum absolute atomic E-state index is 13.2. The molecule has 7 nitrogen and oxygen atoms in total. The second-order valence-corrected chi connectivity index (χ2v) is 4.84. The maximum Gasteiger partial charge on any atom is 0.405 e. The third-order valence-electron chi connectivity index (χ3n) is 3.37. The van der Waals surface area contributed by atoms with E-state index in [0.29, 0.717) is 13.1 Å². The number of nitrogens with two attached hydrogens (primary N) is 1. The fourth-order valence-corrected chi connectivity index (χ4v) is 2.24. The van der Waals surface area contributed by atoms with Crippen LogP contribution in [0, 0.1) is 0 Å². The largest absolute Gasteiger partial charge is 0.405 e. The monoisotopic (exact) mass is 318 g/mol. The van der Waals surface area contributed by atoms with Crippen molar-refractivity contribution in [2.24, 2.45) is 0 Å². The summed E-state index contributed by atoms with van der Waals surface area (Å²) in [4.78, 5) is 20.6. The van der Waals surface area contributed by atoms with Crippen LogP contribution in [0.5, 0.6) is 0 Å². The maximum atomic E-state index is 13.2. The van der Waals surface area contributed by atoms with Gasteiger partial charge in [0.1, 0.15) is 6.04 Å². The second-order valence-electron chi connectivity index (χ2n) is 4.84. The Kier molecular flexibility index (Phi) is 5.14. The minimum Gasteiger partial charge on any atom is -0.382 e. The Morgan fingerprint density at radius 1 is 1.36 bits per heavy atom. The normalized spacial score (nSPS) is 18.0. The minimum atomic E-state index is -4.43. The molecule has 4 N–H and O–H groups in total. The average molecular weight is 318 g/mol. The number of alkyl halides is 3. The first-order chi connectivity index (χ1) is 10.4. The summed E-state index contributed by atoms with van der Waals surface area (Å²) < 4.78 is 39.5. The zero-order valence-electron chi connectivity index (χ0n) is 11.7. The number of nitrogens with one attached hydrogen (secondary N) is 2. The van der Waals surface area contributed by atoms with Gasteiger partial charge in [-0.1, -0.05) is 0 Å². The zero-order valence-corrected chi connectivity index (χ0v) is 11.7. The van der Waals surface area contributed by atoms with Crippen LogP contribution < -0.4 is 16.4 Å². The number of aromatic nitrogens is 2. The average Bonchev–Trinajstić information content (AvgIpc) is 2.47. The Hall–Kier alpha value is -1.94. The van der Waals surface area contributed by atoms with E-state index in [9.17, 15) is 18.0 Å². The molecule has 122 valence electrons. The first kappa shape index (κ1) is 16.4. The molecule has 1 aliphatic rings. The molecule has 0 bridgehead atoms. The lowest BCUT2D eigenvalue weighted by Gasteiger charge is -2.35. The van der Waals surface area contributed by atoms with Crippen molar-refractivity contribution in [1.82, 2.24) is 25.5 Å². The minimum absolute atomic E-state index is 0.120. The summed E-state index contributed by atoms with van der Waals surface area (Å²) in [7, 11) is 0. The van der Waals surface area contributed by atoms with E-state index in [1.807, 2.05) is 0 Å². The van der Waals surface area contributed by atoms with Crippen molar-refractivity contribution in [3.63, 3.8) is 0 Å². The van der Waals surface area contributed by atoms with E-state index in [1.54, 1.807) is 0 Å². The van der Waals surface area contributed by atoms with Crippen LogP contribution in [0.15, 0.2) is 12.4 Å². The Morgan fingerprint density at radius 2 is 2.00 bits per heavy atom. The van der Waals surface area contributed by atoms with Gasteiger partial charge in [-0.2, -0.15) is 13.2 Å². The lowest BCUT2D eigenvalue weighted by molar-refractivity contribution is -0.183. The summed E-state index contributed by atoms with van der Waals surface area (Å²) in [6.45, 7) is 0.953. The van der Waals surface area contributed by atoms with Gasteiger partial charge in [0.2, 0.25) is 0 Å². The molecule has 1 fully saturated rings. The summed E-state index contributed by atoms with van der Waals surface area (Å²) >= 11 is 0. The lowest BCUT2D eigenvalue weighted by Crippen LogP contribution is -2.57. The van der Waals surface area contributed by atoms with Crippen LogP contribution in [0.3, 0.4) is 0 Å². The predicted molar refractivity (Wildman–Crippen MR) is 73.1 cm³/mol. The first-order valence-corrected chi connectivity index (χ1v) is 6.75. The fourth-order valence-electron chi connectivity index (χ4n) is 2.24. The van der Waals surface area contributed by atoms with Crippen molar-refractivity contribution in [3.05, 3.63) is 18.1 Å². The van der Waals surface area contributed by atoms with Crippen LogP contribution in [-0.4, -0.2) is 65.7 Å². The summed E-state index contributed by atoms with van der Waals surface area (Å²) in [6, 6.07) is -1.74. The SMILES string of the molecule is Nc1nccnc1C(=O)NCC(N1CCNCC1)C(F)(F)F. The van der Waals surface area contributed by atoms with E-state index in [2.05, 4.69) is 20.6 Å². The number of hydrogen-bond acceptors (Lipinski definition) is 6. The number of halogens is 3. The highest BCUT2D eigenvalue weighted by Gasteiger charge is 2.43. The van der Waals surface area contributed by atoms with Gasteiger partial charge in [0.05, 0.1) is 0 Å². The highest BCUT2D eigenvalue weighted by Crippen LogP contribution is 2.24.